The lowest BCUT2D eigenvalue weighted by Gasteiger charge is -2.09. The molecule has 29 heavy (non-hydrogen) atoms. The van der Waals surface area contributed by atoms with Crippen molar-refractivity contribution in [2.75, 3.05) is 5.32 Å². The van der Waals surface area contributed by atoms with Gasteiger partial charge in [-0.3, -0.25) is 19.6 Å². The first-order valence-electron chi connectivity index (χ1n) is 8.89. The molecule has 8 nitrogen and oxygen atoms in total. The van der Waals surface area contributed by atoms with Gasteiger partial charge in [0.15, 0.2) is 5.65 Å². The van der Waals surface area contributed by atoms with Gasteiger partial charge >= 0.3 is 0 Å². The van der Waals surface area contributed by atoms with Crippen LogP contribution in [0.2, 0.25) is 0 Å². The molecule has 0 saturated carbocycles. The zero-order valence-corrected chi connectivity index (χ0v) is 15.8. The van der Waals surface area contributed by atoms with E-state index in [2.05, 4.69) is 15.4 Å². The molecule has 0 radical (unpaired) electrons. The molecule has 2 aromatic carbocycles. The Hall–Kier alpha value is -4.07. The summed E-state index contributed by atoms with van der Waals surface area (Å²) in [5.74, 6) is -0.383. The highest BCUT2D eigenvalue weighted by Crippen LogP contribution is 2.28. The van der Waals surface area contributed by atoms with Crippen LogP contribution in [0.15, 0.2) is 60.7 Å². The van der Waals surface area contributed by atoms with Gasteiger partial charge in [-0.25, -0.2) is 4.98 Å². The van der Waals surface area contributed by atoms with E-state index in [1.165, 1.54) is 18.2 Å². The van der Waals surface area contributed by atoms with Gasteiger partial charge < -0.3 is 5.32 Å². The molecule has 1 N–H and O–H groups in total. The van der Waals surface area contributed by atoms with Crippen LogP contribution in [0.25, 0.3) is 22.3 Å². The second-order valence-electron chi connectivity index (χ2n) is 6.59. The van der Waals surface area contributed by atoms with Crippen molar-refractivity contribution in [3.63, 3.8) is 0 Å². The second kappa shape index (κ2) is 7.16. The van der Waals surface area contributed by atoms with Gasteiger partial charge in [-0.05, 0) is 19.1 Å². The van der Waals surface area contributed by atoms with Crippen LogP contribution in [0.4, 0.5) is 11.4 Å². The predicted molar refractivity (Wildman–Crippen MR) is 110 cm³/mol. The number of hydrogen-bond acceptors (Lipinski definition) is 5. The highest BCUT2D eigenvalue weighted by atomic mass is 16.6. The van der Waals surface area contributed by atoms with E-state index in [0.29, 0.717) is 33.7 Å². The number of carbonyl (C=O) groups is 1. The van der Waals surface area contributed by atoms with Crippen molar-refractivity contribution >= 4 is 28.3 Å². The van der Waals surface area contributed by atoms with E-state index in [4.69, 9.17) is 0 Å². The van der Waals surface area contributed by atoms with Crippen molar-refractivity contribution < 1.29 is 9.72 Å². The Bertz CT molecular complexity index is 1250. The number of carbonyl (C=O) groups excluding carboxylic acids is 1. The van der Waals surface area contributed by atoms with Crippen LogP contribution in [0.5, 0.6) is 0 Å². The molecular formula is C21H17N5O3. The Morgan fingerprint density at radius 2 is 1.86 bits per heavy atom. The predicted octanol–water partition coefficient (Wildman–Crippen LogP) is 4.10. The number of fused-ring (bicyclic) bond motifs is 1. The van der Waals surface area contributed by atoms with Crippen molar-refractivity contribution in [3.05, 3.63) is 82.0 Å². The van der Waals surface area contributed by atoms with Crippen molar-refractivity contribution in [1.29, 1.82) is 0 Å². The molecule has 4 aromatic rings. The first kappa shape index (κ1) is 18.3. The summed E-state index contributed by atoms with van der Waals surface area (Å²) in [6.07, 6.45) is 0. The summed E-state index contributed by atoms with van der Waals surface area (Å²) in [6, 6.07) is 17.1. The van der Waals surface area contributed by atoms with Crippen LogP contribution >= 0.6 is 0 Å². The van der Waals surface area contributed by atoms with Crippen molar-refractivity contribution in [2.45, 2.75) is 6.92 Å². The number of nitro benzene ring substituents is 1. The second-order valence-corrected chi connectivity index (χ2v) is 6.59. The van der Waals surface area contributed by atoms with Crippen LogP contribution < -0.4 is 5.32 Å². The molecule has 0 fully saturated rings. The van der Waals surface area contributed by atoms with Crippen molar-refractivity contribution in [3.8, 4) is 11.3 Å². The fourth-order valence-corrected chi connectivity index (χ4v) is 3.28. The molecule has 0 bridgehead atoms. The van der Waals surface area contributed by atoms with Crippen LogP contribution in [-0.4, -0.2) is 25.6 Å². The zero-order chi connectivity index (χ0) is 20.5. The molecule has 144 valence electrons. The number of non-ortho nitro benzene ring substituents is 1. The van der Waals surface area contributed by atoms with Gasteiger partial charge in [0.1, 0.15) is 0 Å². The van der Waals surface area contributed by atoms with Gasteiger partial charge in [0.2, 0.25) is 0 Å². The Morgan fingerprint density at radius 3 is 2.59 bits per heavy atom. The third-order valence-corrected chi connectivity index (χ3v) is 4.60. The van der Waals surface area contributed by atoms with Crippen LogP contribution in [0.1, 0.15) is 16.1 Å². The molecule has 4 rings (SSSR count). The molecule has 0 aliphatic rings. The van der Waals surface area contributed by atoms with E-state index in [1.54, 1.807) is 23.9 Å². The lowest BCUT2D eigenvalue weighted by molar-refractivity contribution is -0.384. The molecule has 0 aliphatic heterocycles. The molecule has 0 atom stereocenters. The van der Waals surface area contributed by atoms with Gasteiger partial charge in [-0.2, -0.15) is 5.10 Å². The summed E-state index contributed by atoms with van der Waals surface area (Å²) in [4.78, 5) is 28.3. The summed E-state index contributed by atoms with van der Waals surface area (Å²) < 4.78 is 1.64. The van der Waals surface area contributed by atoms with Crippen molar-refractivity contribution in [2.24, 2.45) is 7.05 Å². The van der Waals surface area contributed by atoms with Gasteiger partial charge in [-0.15, -0.1) is 0 Å². The smallest absolute Gasteiger partial charge is 0.271 e. The molecule has 0 spiro atoms. The number of benzene rings is 2. The number of nitrogens with zero attached hydrogens (tertiary/aromatic N) is 4. The fourth-order valence-electron chi connectivity index (χ4n) is 3.28. The van der Waals surface area contributed by atoms with Crippen LogP contribution in [-0.2, 0) is 7.05 Å². The van der Waals surface area contributed by atoms with Crippen LogP contribution in [0, 0.1) is 17.0 Å². The quantitative estimate of drug-likeness (QED) is 0.419. The SMILES string of the molecule is Cc1nn(C)c2nc(-c3ccccc3)cc(C(=O)Nc3cccc([N+](=O)[O-])c3)c12. The van der Waals surface area contributed by atoms with E-state index < -0.39 is 4.92 Å². The summed E-state index contributed by atoms with van der Waals surface area (Å²) in [6.45, 7) is 1.82. The number of hydrogen-bond donors (Lipinski definition) is 1. The number of aryl methyl sites for hydroxylation is 2. The Labute approximate surface area is 166 Å². The number of rotatable bonds is 4. The monoisotopic (exact) mass is 387 g/mol. The number of nitrogens with one attached hydrogen (secondary N) is 1. The topological polar surface area (TPSA) is 103 Å². The molecule has 0 aliphatic carbocycles. The molecule has 8 heteroatoms. The maximum absolute atomic E-state index is 13.1. The van der Waals surface area contributed by atoms with Gasteiger partial charge in [0.25, 0.3) is 11.6 Å². The van der Waals surface area contributed by atoms with E-state index >= 15 is 0 Å². The fraction of sp³-hybridized carbons (Fsp3) is 0.0952. The van der Waals surface area contributed by atoms with E-state index in [1.807, 2.05) is 37.3 Å². The Morgan fingerprint density at radius 1 is 1.10 bits per heavy atom. The van der Waals surface area contributed by atoms with E-state index in [0.717, 1.165) is 5.56 Å². The number of amides is 1. The minimum atomic E-state index is -0.501. The zero-order valence-electron chi connectivity index (χ0n) is 15.8. The largest absolute Gasteiger partial charge is 0.322 e. The summed E-state index contributed by atoms with van der Waals surface area (Å²) >= 11 is 0. The normalized spacial score (nSPS) is 10.8. The summed E-state index contributed by atoms with van der Waals surface area (Å²) in [7, 11) is 1.78. The number of anilines is 1. The Balaban J connectivity index is 1.82. The molecule has 0 saturated heterocycles. The third kappa shape index (κ3) is 3.43. The van der Waals surface area contributed by atoms with Crippen LogP contribution in [0.3, 0.4) is 0 Å². The molecule has 2 aromatic heterocycles. The van der Waals surface area contributed by atoms with Gasteiger partial charge in [0.05, 0.1) is 27.3 Å². The molecule has 2 heterocycles. The minimum absolute atomic E-state index is 0.0924. The standard InChI is InChI=1S/C21H17N5O3/c1-13-19-17(21(27)22-15-9-6-10-16(11-15)26(28)29)12-18(14-7-4-3-5-8-14)23-20(19)25(2)24-13/h3-12H,1-2H3,(H,22,27). The maximum Gasteiger partial charge on any atom is 0.271 e. The molecule has 0 unspecified atom stereocenters. The van der Waals surface area contributed by atoms with Crippen molar-refractivity contribution in [1.82, 2.24) is 14.8 Å². The highest BCUT2D eigenvalue weighted by Gasteiger charge is 2.20. The van der Waals surface area contributed by atoms with E-state index in [-0.39, 0.29) is 11.6 Å². The number of aromatic nitrogens is 3. The average molecular weight is 387 g/mol. The lowest BCUT2D eigenvalue weighted by Crippen LogP contribution is -2.13. The summed E-state index contributed by atoms with van der Waals surface area (Å²) in [5.41, 5.74) is 3.45. The first-order chi connectivity index (χ1) is 13.9. The summed E-state index contributed by atoms with van der Waals surface area (Å²) in [5, 5.41) is 18.8. The highest BCUT2D eigenvalue weighted by molar-refractivity contribution is 6.13. The first-order valence-corrected chi connectivity index (χ1v) is 8.89. The molecular weight excluding hydrogens is 370 g/mol. The van der Waals surface area contributed by atoms with E-state index in [9.17, 15) is 14.9 Å². The van der Waals surface area contributed by atoms with Gasteiger partial charge in [0, 0.05) is 30.4 Å². The lowest BCUT2D eigenvalue weighted by atomic mass is 10.0. The number of nitro groups is 1. The Kier molecular flexibility index (Phi) is 4.52. The van der Waals surface area contributed by atoms with Gasteiger partial charge in [-0.1, -0.05) is 36.4 Å². The number of pyridine rings is 1. The average Bonchev–Trinajstić information content (AvgIpc) is 3.02. The maximum atomic E-state index is 13.1. The third-order valence-electron chi connectivity index (χ3n) is 4.60. The molecule has 1 amide bonds. The minimum Gasteiger partial charge on any atom is -0.322 e.